The zero-order valence-corrected chi connectivity index (χ0v) is 10.4. The molecule has 0 amide bonds. The number of hydrogen-bond donors (Lipinski definition) is 2. The molecule has 0 fully saturated rings. The first-order chi connectivity index (χ1) is 8.82. The first-order valence-corrected chi connectivity index (χ1v) is 6.72. The van der Waals surface area contributed by atoms with Crippen LogP contribution in [0.2, 0.25) is 0 Å². The number of nitrogen functional groups attached to an aromatic ring is 1. The lowest BCUT2D eigenvalue weighted by Gasteiger charge is -2.11. The SMILES string of the molecule is Nc1c(F)cc(S(N)(=O)=O)c(-c2ccccc2)c1F. The number of nitrogens with two attached hydrogens (primary N) is 2. The van der Waals surface area contributed by atoms with Crippen LogP contribution in [0.5, 0.6) is 0 Å². The minimum absolute atomic E-state index is 0.246. The number of rotatable bonds is 2. The second-order valence-electron chi connectivity index (χ2n) is 3.87. The molecule has 2 rings (SSSR count). The first-order valence-electron chi connectivity index (χ1n) is 5.18. The summed E-state index contributed by atoms with van der Waals surface area (Å²) in [7, 11) is -4.28. The van der Waals surface area contributed by atoms with Crippen LogP contribution in [0, 0.1) is 11.6 Å². The Balaban J connectivity index is 2.90. The van der Waals surface area contributed by atoms with Gasteiger partial charge in [-0.1, -0.05) is 30.3 Å². The summed E-state index contributed by atoms with van der Waals surface area (Å²) in [6, 6.07) is 8.42. The van der Waals surface area contributed by atoms with E-state index in [1.807, 2.05) is 0 Å². The Morgan fingerprint density at radius 2 is 1.63 bits per heavy atom. The topological polar surface area (TPSA) is 86.2 Å². The van der Waals surface area contributed by atoms with Crippen LogP contribution in [0.15, 0.2) is 41.3 Å². The first kappa shape index (κ1) is 13.4. The predicted octanol–water partition coefficient (Wildman–Crippen LogP) is 1.86. The third kappa shape index (κ3) is 2.42. The summed E-state index contributed by atoms with van der Waals surface area (Å²) in [5, 5.41) is 4.98. The van der Waals surface area contributed by atoms with Crippen molar-refractivity contribution in [2.24, 2.45) is 5.14 Å². The van der Waals surface area contributed by atoms with Crippen LogP contribution in [0.3, 0.4) is 0 Å². The van der Waals surface area contributed by atoms with Gasteiger partial charge in [-0.05, 0) is 11.6 Å². The summed E-state index contributed by atoms with van der Waals surface area (Å²) in [6.07, 6.45) is 0. The van der Waals surface area contributed by atoms with Crippen molar-refractivity contribution >= 4 is 15.7 Å². The van der Waals surface area contributed by atoms with Crippen molar-refractivity contribution in [2.45, 2.75) is 4.90 Å². The van der Waals surface area contributed by atoms with E-state index < -0.39 is 32.2 Å². The number of hydrogen-bond acceptors (Lipinski definition) is 3. The average Bonchev–Trinajstić information content (AvgIpc) is 2.35. The Hall–Kier alpha value is -1.99. The molecule has 0 saturated carbocycles. The molecule has 100 valence electrons. The molecule has 0 atom stereocenters. The van der Waals surface area contributed by atoms with Gasteiger partial charge in [0.25, 0.3) is 0 Å². The highest BCUT2D eigenvalue weighted by Crippen LogP contribution is 2.34. The fourth-order valence-corrected chi connectivity index (χ4v) is 2.47. The third-order valence-electron chi connectivity index (χ3n) is 2.59. The van der Waals surface area contributed by atoms with Crippen molar-refractivity contribution in [1.82, 2.24) is 0 Å². The van der Waals surface area contributed by atoms with Crippen LogP contribution in [0.25, 0.3) is 11.1 Å². The molecule has 0 aliphatic heterocycles. The second-order valence-corrected chi connectivity index (χ2v) is 5.40. The van der Waals surface area contributed by atoms with Crippen molar-refractivity contribution in [3.63, 3.8) is 0 Å². The van der Waals surface area contributed by atoms with E-state index in [2.05, 4.69) is 0 Å². The van der Waals surface area contributed by atoms with Crippen LogP contribution < -0.4 is 10.9 Å². The van der Waals surface area contributed by atoms with E-state index in [0.717, 1.165) is 0 Å². The van der Waals surface area contributed by atoms with Gasteiger partial charge in [-0.2, -0.15) is 0 Å². The molecule has 0 heterocycles. The summed E-state index contributed by atoms with van der Waals surface area (Å²) < 4.78 is 50.3. The highest BCUT2D eigenvalue weighted by molar-refractivity contribution is 7.89. The van der Waals surface area contributed by atoms with E-state index in [4.69, 9.17) is 10.9 Å². The maximum absolute atomic E-state index is 14.1. The third-order valence-corrected chi connectivity index (χ3v) is 3.52. The molecule has 7 heteroatoms. The van der Waals surface area contributed by atoms with Crippen molar-refractivity contribution in [3.8, 4) is 11.1 Å². The second kappa shape index (κ2) is 4.60. The molecule has 2 aromatic rings. The van der Waals surface area contributed by atoms with Gasteiger partial charge in [-0.3, -0.25) is 0 Å². The summed E-state index contributed by atoms with van der Waals surface area (Å²) in [6.45, 7) is 0. The number of primary sulfonamides is 1. The number of benzene rings is 2. The van der Waals surface area contributed by atoms with Gasteiger partial charge in [0.2, 0.25) is 10.0 Å². The average molecular weight is 284 g/mol. The number of anilines is 1. The Kier molecular flexibility index (Phi) is 3.25. The van der Waals surface area contributed by atoms with E-state index in [9.17, 15) is 17.2 Å². The molecule has 0 aromatic heterocycles. The molecule has 0 spiro atoms. The van der Waals surface area contributed by atoms with Crippen molar-refractivity contribution in [2.75, 3.05) is 5.73 Å². The maximum atomic E-state index is 14.1. The molecule has 19 heavy (non-hydrogen) atoms. The molecule has 0 radical (unpaired) electrons. The van der Waals surface area contributed by atoms with E-state index in [1.165, 1.54) is 12.1 Å². The molecule has 0 aliphatic carbocycles. The summed E-state index contributed by atoms with van der Waals surface area (Å²) in [5.41, 5.74) is 4.42. The normalized spacial score (nSPS) is 11.5. The van der Waals surface area contributed by atoms with Crippen molar-refractivity contribution in [3.05, 3.63) is 48.0 Å². The van der Waals surface area contributed by atoms with Gasteiger partial charge in [0.05, 0.1) is 4.90 Å². The van der Waals surface area contributed by atoms with Gasteiger partial charge >= 0.3 is 0 Å². The molecular formula is C12H10F2N2O2S. The molecule has 0 unspecified atom stereocenters. The monoisotopic (exact) mass is 284 g/mol. The van der Waals surface area contributed by atoms with Crippen LogP contribution in [-0.2, 0) is 10.0 Å². The van der Waals surface area contributed by atoms with Gasteiger partial charge in [-0.15, -0.1) is 0 Å². The minimum Gasteiger partial charge on any atom is -0.394 e. The van der Waals surface area contributed by atoms with Gasteiger partial charge in [0, 0.05) is 5.56 Å². The molecular weight excluding hydrogens is 274 g/mol. The largest absolute Gasteiger partial charge is 0.394 e. The maximum Gasteiger partial charge on any atom is 0.238 e. The molecule has 4 nitrogen and oxygen atoms in total. The van der Waals surface area contributed by atoms with Crippen molar-refractivity contribution < 1.29 is 17.2 Å². The lowest BCUT2D eigenvalue weighted by Crippen LogP contribution is -2.15. The molecule has 0 saturated heterocycles. The Labute approximate surface area is 108 Å². The van der Waals surface area contributed by atoms with Gasteiger partial charge in [0.15, 0.2) is 5.82 Å². The zero-order chi connectivity index (χ0) is 14.2. The summed E-state index contributed by atoms with van der Waals surface area (Å²) in [5.74, 6) is -2.31. The molecule has 0 aliphatic rings. The molecule has 2 aromatic carbocycles. The highest BCUT2D eigenvalue weighted by Gasteiger charge is 2.23. The Bertz CT molecular complexity index is 731. The zero-order valence-electron chi connectivity index (χ0n) is 9.60. The van der Waals surface area contributed by atoms with Crippen LogP contribution >= 0.6 is 0 Å². The summed E-state index contributed by atoms with van der Waals surface area (Å²) in [4.78, 5) is -0.636. The van der Waals surface area contributed by atoms with Gasteiger partial charge < -0.3 is 5.73 Å². The highest BCUT2D eigenvalue weighted by atomic mass is 32.2. The van der Waals surface area contributed by atoms with Crippen LogP contribution in [0.4, 0.5) is 14.5 Å². The Morgan fingerprint density at radius 3 is 2.16 bits per heavy atom. The lowest BCUT2D eigenvalue weighted by atomic mass is 10.0. The molecule has 4 N–H and O–H groups in total. The van der Waals surface area contributed by atoms with Gasteiger partial charge in [0.1, 0.15) is 11.5 Å². The Morgan fingerprint density at radius 1 is 1.05 bits per heavy atom. The smallest absolute Gasteiger partial charge is 0.238 e. The number of halogens is 2. The van der Waals surface area contributed by atoms with E-state index in [1.54, 1.807) is 18.2 Å². The molecule has 0 bridgehead atoms. The lowest BCUT2D eigenvalue weighted by molar-refractivity contribution is 0.576. The number of sulfonamides is 1. The predicted molar refractivity (Wildman–Crippen MR) is 67.6 cm³/mol. The standard InChI is InChI=1S/C12H10F2N2O2S/c13-8-6-9(19(16,17)18)10(11(14)12(8)15)7-4-2-1-3-5-7/h1-6H,15H2,(H2,16,17,18). The quantitative estimate of drug-likeness (QED) is 0.825. The fourth-order valence-electron chi connectivity index (χ4n) is 1.71. The fraction of sp³-hybridized carbons (Fsp3) is 0. The van der Waals surface area contributed by atoms with Gasteiger partial charge in [-0.25, -0.2) is 22.3 Å². The summed E-state index contributed by atoms with van der Waals surface area (Å²) >= 11 is 0. The van der Waals surface area contributed by atoms with Crippen molar-refractivity contribution in [1.29, 1.82) is 0 Å². The van der Waals surface area contributed by atoms with E-state index in [-0.39, 0.29) is 11.1 Å². The van der Waals surface area contributed by atoms with E-state index >= 15 is 0 Å². The minimum atomic E-state index is -4.28. The van der Waals surface area contributed by atoms with Crippen LogP contribution in [0.1, 0.15) is 0 Å². The van der Waals surface area contributed by atoms with Crippen LogP contribution in [-0.4, -0.2) is 8.42 Å². The van der Waals surface area contributed by atoms with E-state index in [0.29, 0.717) is 6.07 Å².